The lowest BCUT2D eigenvalue weighted by atomic mass is 9.83. The largest absolute Gasteiger partial charge is 0.507 e. The third-order valence-electron chi connectivity index (χ3n) is 9.82. The maximum Gasteiger partial charge on any atom is 0.149 e. The Bertz CT molecular complexity index is 2720. The van der Waals surface area contributed by atoms with Crippen LogP contribution in [0.25, 0.3) is 78.0 Å². The fourth-order valence-corrected chi connectivity index (χ4v) is 7.29. The van der Waals surface area contributed by atoms with Gasteiger partial charge in [-0.05, 0) is 83.3 Å². The van der Waals surface area contributed by atoms with E-state index in [0.717, 1.165) is 66.6 Å². The number of hydrogen-bond acceptors (Lipinski definition) is 3. The molecule has 0 aliphatic rings. The van der Waals surface area contributed by atoms with Crippen LogP contribution in [-0.2, 0) is 5.41 Å². The molecule has 5 nitrogen and oxygen atoms in total. The maximum atomic E-state index is 12.0. The molecule has 3 aromatic heterocycles. The second-order valence-corrected chi connectivity index (χ2v) is 14.1. The predicted molar refractivity (Wildman–Crippen MR) is 210 cm³/mol. The highest BCUT2D eigenvalue weighted by molar-refractivity contribution is 6.11. The number of para-hydroxylation sites is 4. The number of pyridine rings is 1. The summed E-state index contributed by atoms with van der Waals surface area (Å²) in [7, 11) is 0. The minimum absolute atomic E-state index is 0.0812. The number of phenolic OH excluding ortho intramolecular Hbond substituents is 1. The fraction of sp³-hybridized carbons (Fsp3) is 0.0870. The first-order chi connectivity index (χ1) is 24.8. The molecule has 51 heavy (non-hydrogen) atoms. The second-order valence-electron chi connectivity index (χ2n) is 14.1. The van der Waals surface area contributed by atoms with Crippen molar-refractivity contribution >= 4 is 32.8 Å². The van der Waals surface area contributed by atoms with Gasteiger partial charge in [-0.2, -0.15) is 0 Å². The fourth-order valence-electron chi connectivity index (χ4n) is 7.29. The number of phenols is 1. The standard InChI is InChI=1S/C46H36N4O/c1-46(2,3)32-26-30(25-31(27-32)39-21-12-13-24-47-39)35-20-14-23-41-44(35)48-45(50(41)34-17-8-5-9-18-34)38-28-37-36-19-10-11-22-40(36)49(42(37)29-43(38)51)33-15-6-4-7-16-33/h4-29,51H,1-3H3. The van der Waals surface area contributed by atoms with Gasteiger partial charge in [0, 0.05) is 45.5 Å². The van der Waals surface area contributed by atoms with E-state index in [1.807, 2.05) is 60.8 Å². The number of aromatic hydroxyl groups is 1. The van der Waals surface area contributed by atoms with Crippen LogP contribution >= 0.6 is 0 Å². The molecule has 0 bridgehead atoms. The average molecular weight is 661 g/mol. The summed E-state index contributed by atoms with van der Waals surface area (Å²) in [6.45, 7) is 6.72. The van der Waals surface area contributed by atoms with E-state index in [0.29, 0.717) is 11.4 Å². The molecule has 0 radical (unpaired) electrons. The molecule has 6 aromatic carbocycles. The zero-order valence-electron chi connectivity index (χ0n) is 28.7. The molecular weight excluding hydrogens is 625 g/mol. The quantitative estimate of drug-likeness (QED) is 0.200. The van der Waals surface area contributed by atoms with E-state index in [-0.39, 0.29) is 11.2 Å². The molecule has 1 N–H and O–H groups in total. The van der Waals surface area contributed by atoms with Gasteiger partial charge in [-0.1, -0.05) is 99.6 Å². The normalized spacial score (nSPS) is 11.9. The average Bonchev–Trinajstić information content (AvgIpc) is 3.70. The van der Waals surface area contributed by atoms with Crippen molar-refractivity contribution in [1.82, 2.24) is 19.1 Å². The Kier molecular flexibility index (Phi) is 7.11. The van der Waals surface area contributed by atoms with Gasteiger partial charge in [0.05, 0.1) is 33.3 Å². The number of imidazole rings is 1. The van der Waals surface area contributed by atoms with E-state index in [1.165, 1.54) is 5.56 Å². The molecule has 0 unspecified atom stereocenters. The molecular formula is C46H36N4O. The van der Waals surface area contributed by atoms with Gasteiger partial charge in [-0.3, -0.25) is 9.55 Å². The molecule has 9 rings (SSSR count). The molecule has 9 aromatic rings. The van der Waals surface area contributed by atoms with Crippen LogP contribution in [-0.4, -0.2) is 24.2 Å². The smallest absolute Gasteiger partial charge is 0.149 e. The van der Waals surface area contributed by atoms with Crippen molar-refractivity contribution in [1.29, 1.82) is 0 Å². The Labute approximate surface area is 296 Å². The Morgan fingerprint density at radius 1 is 0.529 bits per heavy atom. The van der Waals surface area contributed by atoms with E-state index >= 15 is 0 Å². The molecule has 0 aliphatic carbocycles. The monoisotopic (exact) mass is 660 g/mol. The highest BCUT2D eigenvalue weighted by Crippen LogP contribution is 2.43. The summed E-state index contributed by atoms with van der Waals surface area (Å²) < 4.78 is 4.39. The van der Waals surface area contributed by atoms with Crippen LogP contribution in [0.1, 0.15) is 26.3 Å². The van der Waals surface area contributed by atoms with Gasteiger partial charge in [-0.15, -0.1) is 0 Å². The van der Waals surface area contributed by atoms with Crippen LogP contribution in [0.15, 0.2) is 158 Å². The van der Waals surface area contributed by atoms with Crippen LogP contribution in [0, 0.1) is 0 Å². The van der Waals surface area contributed by atoms with Crippen molar-refractivity contribution in [2.45, 2.75) is 26.2 Å². The van der Waals surface area contributed by atoms with Crippen molar-refractivity contribution in [3.63, 3.8) is 0 Å². The van der Waals surface area contributed by atoms with Gasteiger partial charge in [0.2, 0.25) is 0 Å². The molecule has 0 fully saturated rings. The zero-order valence-corrected chi connectivity index (χ0v) is 28.7. The van der Waals surface area contributed by atoms with Gasteiger partial charge in [0.15, 0.2) is 0 Å². The summed E-state index contributed by atoms with van der Waals surface area (Å²) >= 11 is 0. The topological polar surface area (TPSA) is 55.9 Å². The summed E-state index contributed by atoms with van der Waals surface area (Å²) in [5.74, 6) is 0.847. The lowest BCUT2D eigenvalue weighted by Crippen LogP contribution is -2.11. The van der Waals surface area contributed by atoms with Crippen molar-refractivity contribution in [3.8, 4) is 50.9 Å². The summed E-state index contributed by atoms with van der Waals surface area (Å²) in [6.07, 6.45) is 1.84. The Morgan fingerprint density at radius 2 is 1.20 bits per heavy atom. The highest BCUT2D eigenvalue weighted by Gasteiger charge is 2.24. The van der Waals surface area contributed by atoms with Gasteiger partial charge in [0.1, 0.15) is 11.6 Å². The van der Waals surface area contributed by atoms with Crippen molar-refractivity contribution in [3.05, 3.63) is 163 Å². The number of aromatic nitrogens is 4. The van der Waals surface area contributed by atoms with E-state index in [2.05, 4.69) is 127 Å². The molecule has 0 spiro atoms. The first-order valence-corrected chi connectivity index (χ1v) is 17.3. The summed E-state index contributed by atoms with van der Waals surface area (Å²) in [4.78, 5) is 10.1. The minimum Gasteiger partial charge on any atom is -0.507 e. The number of nitrogens with zero attached hydrogens (tertiary/aromatic N) is 4. The molecule has 0 saturated heterocycles. The van der Waals surface area contributed by atoms with Crippen LogP contribution in [0.2, 0.25) is 0 Å². The molecule has 0 atom stereocenters. The van der Waals surface area contributed by atoms with Crippen molar-refractivity contribution < 1.29 is 5.11 Å². The van der Waals surface area contributed by atoms with E-state index < -0.39 is 0 Å². The first kappa shape index (κ1) is 30.6. The van der Waals surface area contributed by atoms with E-state index in [1.54, 1.807) is 0 Å². The van der Waals surface area contributed by atoms with Crippen LogP contribution in [0.3, 0.4) is 0 Å². The van der Waals surface area contributed by atoms with Gasteiger partial charge in [-0.25, -0.2) is 4.98 Å². The molecule has 5 heteroatoms. The number of fused-ring (bicyclic) bond motifs is 4. The predicted octanol–water partition coefficient (Wildman–Crippen LogP) is 11.5. The van der Waals surface area contributed by atoms with Gasteiger partial charge < -0.3 is 9.67 Å². The minimum atomic E-state index is -0.0812. The van der Waals surface area contributed by atoms with E-state index in [9.17, 15) is 5.11 Å². The first-order valence-electron chi connectivity index (χ1n) is 17.3. The van der Waals surface area contributed by atoms with Crippen LogP contribution < -0.4 is 0 Å². The SMILES string of the molecule is CC(C)(C)c1cc(-c2ccccn2)cc(-c2cccc3c2nc(-c2cc4c5ccccc5n(-c5ccccc5)c4cc2O)n3-c2ccccc2)c1. The molecule has 0 amide bonds. The molecule has 246 valence electrons. The van der Waals surface area contributed by atoms with Crippen molar-refractivity contribution in [2.24, 2.45) is 0 Å². The number of rotatable bonds is 5. The van der Waals surface area contributed by atoms with Gasteiger partial charge >= 0.3 is 0 Å². The molecule has 0 aliphatic heterocycles. The Balaban J connectivity index is 1.33. The maximum absolute atomic E-state index is 12.0. The molecule has 3 heterocycles. The Hall–Kier alpha value is -6.46. The van der Waals surface area contributed by atoms with E-state index in [4.69, 9.17) is 9.97 Å². The highest BCUT2D eigenvalue weighted by atomic mass is 16.3. The summed E-state index contributed by atoms with van der Waals surface area (Å²) in [5, 5.41) is 14.1. The number of hydrogen-bond donors (Lipinski definition) is 1. The van der Waals surface area contributed by atoms with Crippen LogP contribution in [0.4, 0.5) is 0 Å². The van der Waals surface area contributed by atoms with Crippen LogP contribution in [0.5, 0.6) is 5.75 Å². The summed E-state index contributed by atoms with van der Waals surface area (Å²) in [5.41, 5.74) is 11.7. The Morgan fingerprint density at radius 3 is 1.92 bits per heavy atom. The van der Waals surface area contributed by atoms with Crippen molar-refractivity contribution in [2.75, 3.05) is 0 Å². The third-order valence-corrected chi connectivity index (χ3v) is 9.82. The lowest BCUT2D eigenvalue weighted by molar-refractivity contribution is 0.477. The number of benzene rings is 6. The second kappa shape index (κ2) is 11.9. The zero-order chi connectivity index (χ0) is 34.7. The molecule has 0 saturated carbocycles. The van der Waals surface area contributed by atoms with Gasteiger partial charge in [0.25, 0.3) is 0 Å². The lowest BCUT2D eigenvalue weighted by Gasteiger charge is -2.21. The third kappa shape index (κ3) is 5.17. The summed E-state index contributed by atoms with van der Waals surface area (Å²) in [6, 6.07) is 52.1.